The van der Waals surface area contributed by atoms with Crippen LogP contribution in [0.25, 0.3) is 11.5 Å². The summed E-state index contributed by atoms with van der Waals surface area (Å²) >= 11 is 0. The van der Waals surface area contributed by atoms with Gasteiger partial charge in [-0.05, 0) is 30.7 Å². The lowest BCUT2D eigenvalue weighted by atomic mass is 10.1. The molecule has 3 aromatic rings. The van der Waals surface area contributed by atoms with E-state index in [-0.39, 0.29) is 5.91 Å². The van der Waals surface area contributed by atoms with Crippen LogP contribution in [0.3, 0.4) is 0 Å². The van der Waals surface area contributed by atoms with E-state index < -0.39 is 0 Å². The Morgan fingerprint density at radius 3 is 2.64 bits per heavy atom. The van der Waals surface area contributed by atoms with Crippen molar-refractivity contribution in [3.05, 3.63) is 65.9 Å². The lowest BCUT2D eigenvalue weighted by Crippen LogP contribution is -2.29. The molecule has 128 valence electrons. The zero-order valence-corrected chi connectivity index (χ0v) is 13.9. The van der Waals surface area contributed by atoms with Gasteiger partial charge in [0, 0.05) is 6.07 Å². The highest BCUT2D eigenvalue weighted by atomic mass is 16.5. The summed E-state index contributed by atoms with van der Waals surface area (Å²) in [5.74, 6) is 1.03. The Bertz CT molecular complexity index is 797. The van der Waals surface area contributed by atoms with Crippen molar-refractivity contribution in [1.29, 1.82) is 0 Å². The molecule has 3 rings (SSSR count). The Kier molecular flexibility index (Phi) is 5.41. The third kappa shape index (κ3) is 4.91. The van der Waals surface area contributed by atoms with E-state index in [1.165, 1.54) is 5.56 Å². The molecule has 1 N–H and O–H groups in total. The van der Waals surface area contributed by atoms with Crippen molar-refractivity contribution < 1.29 is 13.9 Å². The quantitative estimate of drug-likeness (QED) is 0.671. The largest absolute Gasteiger partial charge is 0.475 e. The summed E-state index contributed by atoms with van der Waals surface area (Å²) in [6.45, 7) is 2.76. The number of aryl methyl sites for hydroxylation is 1. The van der Waals surface area contributed by atoms with E-state index in [0.29, 0.717) is 36.9 Å². The molecule has 1 aromatic carbocycles. The Morgan fingerprint density at radius 2 is 1.96 bits per heavy atom. The van der Waals surface area contributed by atoms with E-state index >= 15 is 0 Å². The molecule has 0 aliphatic carbocycles. The van der Waals surface area contributed by atoms with Crippen molar-refractivity contribution >= 4 is 5.91 Å². The summed E-state index contributed by atoms with van der Waals surface area (Å²) in [5, 5.41) is 10.8. The summed E-state index contributed by atoms with van der Waals surface area (Å²) < 4.78 is 10.7. The predicted octanol–water partition coefficient (Wildman–Crippen LogP) is 2.78. The maximum atomic E-state index is 11.9. The fourth-order valence-electron chi connectivity index (χ4n) is 2.25. The van der Waals surface area contributed by atoms with E-state index in [0.717, 1.165) is 5.56 Å². The maximum absolute atomic E-state index is 11.9. The van der Waals surface area contributed by atoms with Crippen molar-refractivity contribution in [2.24, 2.45) is 0 Å². The third-order valence-electron chi connectivity index (χ3n) is 3.57. The van der Waals surface area contributed by atoms with Gasteiger partial charge in [0.25, 0.3) is 0 Å². The number of hydrogen-bond acceptors (Lipinski definition) is 5. The first-order chi connectivity index (χ1) is 12.2. The highest BCUT2D eigenvalue weighted by Crippen LogP contribution is 2.17. The van der Waals surface area contributed by atoms with Crippen LogP contribution in [0, 0.1) is 6.92 Å². The Balaban J connectivity index is 1.39. The maximum Gasteiger partial charge on any atom is 0.233 e. The minimum absolute atomic E-state index is 0.0355. The third-order valence-corrected chi connectivity index (χ3v) is 3.57. The van der Waals surface area contributed by atoms with Gasteiger partial charge in [-0.25, -0.2) is 0 Å². The van der Waals surface area contributed by atoms with E-state index in [9.17, 15) is 4.79 Å². The number of furan rings is 1. The van der Waals surface area contributed by atoms with Gasteiger partial charge in [0.15, 0.2) is 5.76 Å². The number of nitrogens with zero attached hydrogens (tertiary/aromatic N) is 2. The van der Waals surface area contributed by atoms with Gasteiger partial charge in [0.05, 0.1) is 19.2 Å². The Hall–Kier alpha value is -3.15. The normalized spacial score (nSPS) is 10.4. The second-order valence-electron chi connectivity index (χ2n) is 5.59. The predicted molar refractivity (Wildman–Crippen MR) is 93.1 cm³/mol. The van der Waals surface area contributed by atoms with Gasteiger partial charge in [-0.15, -0.1) is 10.2 Å². The first-order valence-electron chi connectivity index (χ1n) is 8.03. The highest BCUT2D eigenvalue weighted by molar-refractivity contribution is 5.78. The minimum Gasteiger partial charge on any atom is -0.475 e. The second kappa shape index (κ2) is 8.10. The van der Waals surface area contributed by atoms with Crippen molar-refractivity contribution in [2.45, 2.75) is 13.3 Å². The first kappa shape index (κ1) is 16.7. The van der Waals surface area contributed by atoms with Crippen molar-refractivity contribution in [1.82, 2.24) is 15.5 Å². The van der Waals surface area contributed by atoms with Gasteiger partial charge in [-0.2, -0.15) is 0 Å². The molecule has 2 heterocycles. The lowest BCUT2D eigenvalue weighted by molar-refractivity contribution is -0.120. The van der Waals surface area contributed by atoms with Crippen LogP contribution in [-0.4, -0.2) is 29.3 Å². The van der Waals surface area contributed by atoms with Gasteiger partial charge >= 0.3 is 0 Å². The monoisotopic (exact) mass is 337 g/mol. The van der Waals surface area contributed by atoms with Gasteiger partial charge < -0.3 is 14.5 Å². The van der Waals surface area contributed by atoms with Gasteiger partial charge in [-0.3, -0.25) is 4.79 Å². The summed E-state index contributed by atoms with van der Waals surface area (Å²) in [5.41, 5.74) is 2.81. The average molecular weight is 337 g/mol. The molecular formula is C19H19N3O3. The number of amides is 1. The fraction of sp³-hybridized carbons (Fsp3) is 0.211. The summed E-state index contributed by atoms with van der Waals surface area (Å²) in [4.78, 5) is 11.9. The molecule has 6 heteroatoms. The van der Waals surface area contributed by atoms with E-state index in [1.54, 1.807) is 24.5 Å². The Labute approximate surface area is 145 Å². The molecule has 0 atom stereocenters. The van der Waals surface area contributed by atoms with E-state index in [4.69, 9.17) is 9.15 Å². The summed E-state index contributed by atoms with van der Waals surface area (Å²) in [7, 11) is 0. The second-order valence-corrected chi connectivity index (χ2v) is 5.59. The van der Waals surface area contributed by atoms with Crippen LogP contribution in [0.4, 0.5) is 0 Å². The number of hydrogen-bond donors (Lipinski definition) is 1. The molecule has 6 nitrogen and oxygen atoms in total. The molecule has 0 radical (unpaired) electrons. The molecule has 0 fully saturated rings. The molecule has 0 unspecified atom stereocenters. The molecule has 0 aliphatic rings. The zero-order chi connectivity index (χ0) is 17.5. The fourth-order valence-corrected chi connectivity index (χ4v) is 2.25. The number of carbonyl (C=O) groups is 1. The first-order valence-corrected chi connectivity index (χ1v) is 8.03. The number of benzene rings is 1. The van der Waals surface area contributed by atoms with E-state index in [2.05, 4.69) is 15.5 Å². The number of rotatable bonds is 7. The molecular weight excluding hydrogens is 318 g/mol. The van der Waals surface area contributed by atoms with Gasteiger partial charge in [0.2, 0.25) is 11.8 Å². The zero-order valence-electron chi connectivity index (χ0n) is 13.9. The molecule has 25 heavy (non-hydrogen) atoms. The minimum atomic E-state index is -0.0355. The van der Waals surface area contributed by atoms with Crippen LogP contribution in [0.1, 0.15) is 11.1 Å². The van der Waals surface area contributed by atoms with Crippen molar-refractivity contribution in [3.63, 3.8) is 0 Å². The van der Waals surface area contributed by atoms with Crippen molar-refractivity contribution in [3.8, 4) is 17.3 Å². The number of ether oxygens (including phenoxy) is 1. The van der Waals surface area contributed by atoms with Gasteiger partial charge in [-0.1, -0.05) is 29.8 Å². The summed E-state index contributed by atoms with van der Waals surface area (Å²) in [6.07, 6.45) is 1.94. The molecule has 0 bridgehead atoms. The topological polar surface area (TPSA) is 77.2 Å². The van der Waals surface area contributed by atoms with Crippen LogP contribution >= 0.6 is 0 Å². The van der Waals surface area contributed by atoms with Crippen molar-refractivity contribution in [2.75, 3.05) is 13.2 Å². The van der Waals surface area contributed by atoms with Crippen LogP contribution in [0.15, 0.2) is 59.2 Å². The molecule has 2 aromatic heterocycles. The van der Waals surface area contributed by atoms with Crippen LogP contribution in [0.5, 0.6) is 5.88 Å². The van der Waals surface area contributed by atoms with Crippen LogP contribution in [-0.2, 0) is 11.2 Å². The number of carbonyl (C=O) groups excluding carboxylic acids is 1. The smallest absolute Gasteiger partial charge is 0.233 e. The SMILES string of the molecule is Cc1ccc(CC(=O)NCCOc2ccc(-c3ccco3)nn2)cc1. The Morgan fingerprint density at radius 1 is 1.12 bits per heavy atom. The summed E-state index contributed by atoms with van der Waals surface area (Å²) in [6, 6.07) is 15.0. The lowest BCUT2D eigenvalue weighted by Gasteiger charge is -2.07. The number of nitrogens with one attached hydrogen (secondary N) is 1. The molecule has 0 saturated carbocycles. The molecule has 0 spiro atoms. The average Bonchev–Trinajstić information content (AvgIpc) is 3.16. The standard InChI is InChI=1S/C19H19N3O3/c1-14-4-6-15(7-5-14)13-18(23)20-10-12-25-19-9-8-16(21-22-19)17-3-2-11-24-17/h2-9,11H,10,12-13H2,1H3,(H,20,23). The molecule has 1 amide bonds. The van der Waals surface area contributed by atoms with Crippen LogP contribution < -0.4 is 10.1 Å². The van der Waals surface area contributed by atoms with E-state index in [1.807, 2.05) is 37.3 Å². The molecule has 0 saturated heterocycles. The van der Waals surface area contributed by atoms with Gasteiger partial charge in [0.1, 0.15) is 12.3 Å². The van der Waals surface area contributed by atoms with Crippen LogP contribution in [0.2, 0.25) is 0 Å². The molecule has 0 aliphatic heterocycles. The number of aromatic nitrogens is 2. The highest BCUT2D eigenvalue weighted by Gasteiger charge is 2.05.